The summed E-state index contributed by atoms with van der Waals surface area (Å²) in [6.07, 6.45) is 0. The van der Waals surface area contributed by atoms with E-state index < -0.39 is 0 Å². The minimum atomic E-state index is 0.616. The summed E-state index contributed by atoms with van der Waals surface area (Å²) in [5, 5.41) is 4.38. The van der Waals surface area contributed by atoms with E-state index in [2.05, 4.69) is 138 Å². The summed E-state index contributed by atoms with van der Waals surface area (Å²) in [6.45, 7) is 0. The number of benzene rings is 8. The fourth-order valence-electron chi connectivity index (χ4n) is 7.21. The molecule has 0 bridgehead atoms. The topological polar surface area (TPSA) is 42.4 Å². The number of furan rings is 1. The molecule has 240 valence electrons. The minimum absolute atomic E-state index is 0.616. The number of rotatable bonds is 6. The Labute approximate surface area is 294 Å². The van der Waals surface area contributed by atoms with Crippen LogP contribution in [0, 0.1) is 0 Å². The van der Waals surface area contributed by atoms with Crippen molar-refractivity contribution < 1.29 is 8.83 Å². The van der Waals surface area contributed by atoms with Crippen LogP contribution in [0.1, 0.15) is 0 Å². The molecule has 51 heavy (non-hydrogen) atoms. The van der Waals surface area contributed by atoms with Crippen LogP contribution in [-0.2, 0) is 0 Å². The van der Waals surface area contributed by atoms with Gasteiger partial charge in [-0.05, 0) is 82.7 Å². The Balaban J connectivity index is 1.12. The first-order valence-electron chi connectivity index (χ1n) is 17.1. The largest absolute Gasteiger partial charge is 0.456 e. The first-order chi connectivity index (χ1) is 25.3. The number of para-hydroxylation sites is 1. The SMILES string of the molecule is c1ccc(-c2cccc(N(c3ccc(-c4cc5ccccc5c5oc(-c6ccccc6)nc45)cc3)c3ccc4c(c3)oc3ccccc34)c2)cc1. The molecular formula is C47H30N2O2. The molecule has 0 spiro atoms. The molecule has 0 fully saturated rings. The summed E-state index contributed by atoms with van der Waals surface area (Å²) in [4.78, 5) is 7.35. The summed E-state index contributed by atoms with van der Waals surface area (Å²) >= 11 is 0. The fourth-order valence-corrected chi connectivity index (χ4v) is 7.21. The van der Waals surface area contributed by atoms with Crippen molar-refractivity contribution in [3.8, 4) is 33.7 Å². The molecular weight excluding hydrogens is 625 g/mol. The molecule has 4 heteroatoms. The van der Waals surface area contributed by atoms with Gasteiger partial charge in [0.25, 0.3) is 0 Å². The molecule has 0 aliphatic carbocycles. The molecule has 4 nitrogen and oxygen atoms in total. The van der Waals surface area contributed by atoms with Gasteiger partial charge in [0.05, 0.1) is 0 Å². The summed E-state index contributed by atoms with van der Waals surface area (Å²) in [6, 6.07) is 63.3. The van der Waals surface area contributed by atoms with Gasteiger partial charge in [-0.2, -0.15) is 0 Å². The summed E-state index contributed by atoms with van der Waals surface area (Å²) in [5.41, 5.74) is 11.8. The van der Waals surface area contributed by atoms with Gasteiger partial charge in [0, 0.05) is 50.4 Å². The average Bonchev–Trinajstić information content (AvgIpc) is 3.82. The molecule has 10 rings (SSSR count). The van der Waals surface area contributed by atoms with Crippen LogP contribution in [0.2, 0.25) is 0 Å². The second kappa shape index (κ2) is 11.9. The van der Waals surface area contributed by atoms with Crippen LogP contribution in [0.3, 0.4) is 0 Å². The van der Waals surface area contributed by atoms with Gasteiger partial charge in [-0.15, -0.1) is 0 Å². The molecule has 0 saturated carbocycles. The third-order valence-electron chi connectivity index (χ3n) is 9.68. The Morgan fingerprint density at radius 2 is 1.04 bits per heavy atom. The Kier molecular flexibility index (Phi) is 6.78. The maximum Gasteiger partial charge on any atom is 0.227 e. The summed E-state index contributed by atoms with van der Waals surface area (Å²) in [7, 11) is 0. The van der Waals surface area contributed by atoms with Crippen molar-refractivity contribution in [1.29, 1.82) is 0 Å². The molecule has 0 radical (unpaired) electrons. The van der Waals surface area contributed by atoms with Gasteiger partial charge in [0.15, 0.2) is 5.58 Å². The molecule has 0 N–H and O–H groups in total. The number of anilines is 3. The van der Waals surface area contributed by atoms with Crippen molar-refractivity contribution in [2.75, 3.05) is 4.90 Å². The lowest BCUT2D eigenvalue weighted by Gasteiger charge is -2.26. The van der Waals surface area contributed by atoms with Gasteiger partial charge in [-0.3, -0.25) is 0 Å². The quantitative estimate of drug-likeness (QED) is 0.179. The number of hydrogen-bond donors (Lipinski definition) is 0. The zero-order valence-electron chi connectivity index (χ0n) is 27.5. The van der Waals surface area contributed by atoms with Crippen LogP contribution in [0.25, 0.3) is 77.5 Å². The smallest absolute Gasteiger partial charge is 0.227 e. The normalized spacial score (nSPS) is 11.5. The number of oxazole rings is 1. The molecule has 10 aromatic rings. The van der Waals surface area contributed by atoms with Crippen LogP contribution in [-0.4, -0.2) is 4.98 Å². The van der Waals surface area contributed by atoms with Crippen molar-refractivity contribution in [2.45, 2.75) is 0 Å². The number of hydrogen-bond acceptors (Lipinski definition) is 4. The molecule has 0 atom stereocenters. The third-order valence-corrected chi connectivity index (χ3v) is 9.68. The predicted octanol–water partition coefficient (Wildman–Crippen LogP) is 13.4. The Morgan fingerprint density at radius 3 is 1.86 bits per heavy atom. The van der Waals surface area contributed by atoms with E-state index in [-0.39, 0.29) is 0 Å². The molecule has 0 aliphatic rings. The Bertz CT molecular complexity index is 2850. The van der Waals surface area contributed by atoms with Crippen LogP contribution in [0.15, 0.2) is 191 Å². The van der Waals surface area contributed by atoms with E-state index in [0.29, 0.717) is 5.89 Å². The minimum Gasteiger partial charge on any atom is -0.456 e. The van der Waals surface area contributed by atoms with Crippen molar-refractivity contribution in [3.05, 3.63) is 182 Å². The highest BCUT2D eigenvalue weighted by Gasteiger charge is 2.19. The second-order valence-corrected chi connectivity index (χ2v) is 12.8. The van der Waals surface area contributed by atoms with E-state index in [0.717, 1.165) is 83.1 Å². The lowest BCUT2D eigenvalue weighted by Crippen LogP contribution is -2.10. The fraction of sp³-hybridized carbons (Fsp3) is 0. The Hall–Kier alpha value is -6.91. The first-order valence-corrected chi connectivity index (χ1v) is 17.1. The monoisotopic (exact) mass is 654 g/mol. The summed E-state index contributed by atoms with van der Waals surface area (Å²) in [5.74, 6) is 0.616. The van der Waals surface area contributed by atoms with Gasteiger partial charge < -0.3 is 13.7 Å². The highest BCUT2D eigenvalue weighted by atomic mass is 16.3. The van der Waals surface area contributed by atoms with Crippen molar-refractivity contribution in [1.82, 2.24) is 4.98 Å². The van der Waals surface area contributed by atoms with Crippen molar-refractivity contribution in [3.63, 3.8) is 0 Å². The van der Waals surface area contributed by atoms with Gasteiger partial charge in [-0.25, -0.2) is 4.98 Å². The molecule has 2 aromatic heterocycles. The molecule has 0 saturated heterocycles. The van der Waals surface area contributed by atoms with Crippen LogP contribution >= 0.6 is 0 Å². The zero-order chi connectivity index (χ0) is 33.7. The van der Waals surface area contributed by atoms with E-state index in [1.165, 1.54) is 5.56 Å². The van der Waals surface area contributed by atoms with E-state index in [1.807, 2.05) is 48.5 Å². The number of fused-ring (bicyclic) bond motifs is 6. The van der Waals surface area contributed by atoms with Crippen LogP contribution < -0.4 is 4.90 Å². The van der Waals surface area contributed by atoms with Crippen LogP contribution in [0.4, 0.5) is 17.1 Å². The van der Waals surface area contributed by atoms with Gasteiger partial charge in [0.2, 0.25) is 5.89 Å². The molecule has 8 aromatic carbocycles. The van der Waals surface area contributed by atoms with E-state index in [4.69, 9.17) is 13.8 Å². The lowest BCUT2D eigenvalue weighted by molar-refractivity contribution is 0.623. The Morgan fingerprint density at radius 1 is 0.392 bits per heavy atom. The highest BCUT2D eigenvalue weighted by Crippen LogP contribution is 2.42. The lowest BCUT2D eigenvalue weighted by atomic mass is 9.99. The second-order valence-electron chi connectivity index (χ2n) is 12.8. The van der Waals surface area contributed by atoms with Gasteiger partial charge in [-0.1, -0.05) is 115 Å². The molecule has 0 unspecified atom stereocenters. The molecule has 0 amide bonds. The van der Waals surface area contributed by atoms with Crippen molar-refractivity contribution >= 4 is 60.9 Å². The third kappa shape index (κ3) is 5.04. The van der Waals surface area contributed by atoms with E-state index in [9.17, 15) is 0 Å². The van der Waals surface area contributed by atoms with Gasteiger partial charge in [0.1, 0.15) is 16.7 Å². The highest BCUT2D eigenvalue weighted by molar-refractivity contribution is 6.10. The average molecular weight is 655 g/mol. The first kappa shape index (κ1) is 29.0. The maximum atomic E-state index is 6.48. The zero-order valence-corrected chi connectivity index (χ0v) is 27.5. The number of nitrogens with zero attached hydrogens (tertiary/aromatic N) is 2. The van der Waals surface area contributed by atoms with E-state index >= 15 is 0 Å². The maximum absolute atomic E-state index is 6.48. The standard InChI is InChI=1S/C47H30N2O2/c1-3-12-31(13-4-1)34-17-11-18-37(28-34)49(38-26-27-41-40-20-9-10-21-43(40)50-44(41)30-38)36-24-22-32(23-25-36)42-29-35-16-7-8-19-39(35)46-45(42)48-47(51-46)33-14-5-2-6-15-33/h1-30H. The van der Waals surface area contributed by atoms with Crippen molar-refractivity contribution in [2.24, 2.45) is 0 Å². The molecule has 2 heterocycles. The number of aromatic nitrogens is 1. The van der Waals surface area contributed by atoms with E-state index in [1.54, 1.807) is 0 Å². The van der Waals surface area contributed by atoms with Crippen LogP contribution in [0.5, 0.6) is 0 Å². The summed E-state index contributed by atoms with van der Waals surface area (Å²) < 4.78 is 12.8. The molecule has 0 aliphatic heterocycles. The van der Waals surface area contributed by atoms with Gasteiger partial charge >= 0.3 is 0 Å². The predicted molar refractivity (Wildman–Crippen MR) is 210 cm³/mol.